The molecule has 80 valence electrons. The molecule has 0 saturated carbocycles. The van der Waals surface area contributed by atoms with E-state index in [9.17, 15) is 4.79 Å². The second-order valence-corrected chi connectivity index (χ2v) is 3.77. The summed E-state index contributed by atoms with van der Waals surface area (Å²) in [6.45, 7) is 7.70. The van der Waals surface area contributed by atoms with Gasteiger partial charge in [-0.15, -0.1) is 0 Å². The molecule has 0 spiro atoms. The lowest BCUT2D eigenvalue weighted by Crippen LogP contribution is -1.93. The van der Waals surface area contributed by atoms with Gasteiger partial charge in [-0.2, -0.15) is 0 Å². The molecular weight excluding hydrogens is 176 g/mol. The molecule has 0 aromatic carbocycles. The number of ether oxygens (including phenoxy) is 1. The van der Waals surface area contributed by atoms with Gasteiger partial charge in [-0.3, -0.25) is 4.79 Å². The topological polar surface area (TPSA) is 26.3 Å². The van der Waals surface area contributed by atoms with E-state index < -0.39 is 0 Å². The van der Waals surface area contributed by atoms with Crippen LogP contribution in [-0.4, -0.2) is 5.97 Å². The fourth-order valence-corrected chi connectivity index (χ4v) is 1.00. The Hall–Kier alpha value is -1.05. The Kier molecular flexibility index (Phi) is 6.81. The van der Waals surface area contributed by atoms with Crippen molar-refractivity contribution in [3.63, 3.8) is 0 Å². The van der Waals surface area contributed by atoms with Gasteiger partial charge in [0.25, 0.3) is 0 Å². The summed E-state index contributed by atoms with van der Waals surface area (Å²) in [5.41, 5.74) is 1.35. The van der Waals surface area contributed by atoms with Gasteiger partial charge >= 0.3 is 5.97 Å². The van der Waals surface area contributed by atoms with Crippen LogP contribution < -0.4 is 0 Å². The number of carbonyl (C=O) groups excluding carboxylic acids is 1. The molecule has 14 heavy (non-hydrogen) atoms. The predicted octanol–water partition coefficient (Wildman–Crippen LogP) is 3.45. The minimum Gasteiger partial charge on any atom is -0.435 e. The van der Waals surface area contributed by atoms with E-state index in [2.05, 4.69) is 26.8 Å². The van der Waals surface area contributed by atoms with Gasteiger partial charge in [0, 0.05) is 6.92 Å². The quantitative estimate of drug-likeness (QED) is 0.382. The molecule has 0 aromatic rings. The van der Waals surface area contributed by atoms with Crippen LogP contribution in [0.25, 0.3) is 0 Å². The monoisotopic (exact) mass is 196 g/mol. The van der Waals surface area contributed by atoms with E-state index in [4.69, 9.17) is 4.74 Å². The Morgan fingerprint density at radius 2 is 2.00 bits per heavy atom. The molecule has 0 rings (SSSR count). The second kappa shape index (κ2) is 7.36. The molecule has 0 saturated heterocycles. The maximum atomic E-state index is 10.4. The molecule has 0 heterocycles. The van der Waals surface area contributed by atoms with Gasteiger partial charge in [-0.05, 0) is 38.7 Å². The van der Waals surface area contributed by atoms with E-state index in [0.717, 1.165) is 12.8 Å². The van der Waals surface area contributed by atoms with Crippen molar-refractivity contribution >= 4 is 5.97 Å². The summed E-state index contributed by atoms with van der Waals surface area (Å²) < 4.78 is 4.71. The SMILES string of the molecule is CC(=O)O/C=C/C(C)CCC=C(C)C. The van der Waals surface area contributed by atoms with Crippen molar-refractivity contribution in [1.82, 2.24) is 0 Å². The van der Waals surface area contributed by atoms with Crippen molar-refractivity contribution in [1.29, 1.82) is 0 Å². The van der Waals surface area contributed by atoms with Gasteiger partial charge in [-0.1, -0.05) is 18.6 Å². The fourth-order valence-electron chi connectivity index (χ4n) is 1.00. The van der Waals surface area contributed by atoms with E-state index in [1.807, 2.05) is 6.08 Å². The molecule has 0 aliphatic carbocycles. The van der Waals surface area contributed by atoms with E-state index in [1.54, 1.807) is 0 Å². The van der Waals surface area contributed by atoms with Gasteiger partial charge in [0.05, 0.1) is 6.26 Å². The summed E-state index contributed by atoms with van der Waals surface area (Å²) >= 11 is 0. The number of esters is 1. The number of hydrogen-bond acceptors (Lipinski definition) is 2. The maximum absolute atomic E-state index is 10.4. The highest BCUT2D eigenvalue weighted by atomic mass is 16.5. The lowest BCUT2D eigenvalue weighted by Gasteiger charge is -2.02. The summed E-state index contributed by atoms with van der Waals surface area (Å²) in [4.78, 5) is 10.4. The van der Waals surface area contributed by atoms with Crippen LogP contribution in [0.15, 0.2) is 24.0 Å². The first-order valence-corrected chi connectivity index (χ1v) is 4.99. The molecule has 0 fully saturated rings. The first-order chi connectivity index (χ1) is 6.52. The molecule has 0 radical (unpaired) electrons. The van der Waals surface area contributed by atoms with Crippen molar-refractivity contribution in [2.45, 2.75) is 40.5 Å². The lowest BCUT2D eigenvalue weighted by atomic mass is 10.1. The van der Waals surface area contributed by atoms with Crippen molar-refractivity contribution in [2.75, 3.05) is 0 Å². The first kappa shape index (κ1) is 12.9. The van der Waals surface area contributed by atoms with Crippen molar-refractivity contribution < 1.29 is 9.53 Å². The first-order valence-electron chi connectivity index (χ1n) is 4.99. The standard InChI is InChI=1S/C12H20O2/c1-10(2)6-5-7-11(3)8-9-14-12(4)13/h6,8-9,11H,5,7H2,1-4H3/b9-8+. The van der Waals surface area contributed by atoms with E-state index >= 15 is 0 Å². The van der Waals surface area contributed by atoms with Gasteiger partial charge in [0.2, 0.25) is 0 Å². The minimum atomic E-state index is -0.266. The van der Waals surface area contributed by atoms with Crippen LogP contribution in [0.4, 0.5) is 0 Å². The summed E-state index contributed by atoms with van der Waals surface area (Å²) in [6.07, 6.45) is 7.78. The van der Waals surface area contributed by atoms with Gasteiger partial charge in [0.1, 0.15) is 0 Å². The zero-order valence-electron chi connectivity index (χ0n) is 9.54. The Morgan fingerprint density at radius 3 is 2.50 bits per heavy atom. The number of carbonyl (C=O) groups is 1. The van der Waals surface area contributed by atoms with Crippen LogP contribution in [0.2, 0.25) is 0 Å². The zero-order valence-corrected chi connectivity index (χ0v) is 9.54. The molecular formula is C12H20O2. The Morgan fingerprint density at radius 1 is 1.36 bits per heavy atom. The minimum absolute atomic E-state index is 0.266. The summed E-state index contributed by atoms with van der Waals surface area (Å²) in [5, 5.41) is 0. The summed E-state index contributed by atoms with van der Waals surface area (Å²) in [5.74, 6) is 0.183. The van der Waals surface area contributed by atoms with E-state index in [-0.39, 0.29) is 5.97 Å². The molecule has 0 N–H and O–H groups in total. The van der Waals surface area contributed by atoms with Crippen LogP contribution in [0.3, 0.4) is 0 Å². The average molecular weight is 196 g/mol. The Balaban J connectivity index is 3.64. The van der Waals surface area contributed by atoms with Crippen LogP contribution in [0.1, 0.15) is 40.5 Å². The maximum Gasteiger partial charge on any atom is 0.307 e. The molecule has 0 aliphatic rings. The molecule has 0 bridgehead atoms. The Bertz CT molecular complexity index is 222. The predicted molar refractivity (Wildman–Crippen MR) is 58.7 cm³/mol. The second-order valence-electron chi connectivity index (χ2n) is 3.77. The van der Waals surface area contributed by atoms with Crippen LogP contribution in [0, 0.1) is 5.92 Å². The molecule has 0 aromatic heterocycles. The smallest absolute Gasteiger partial charge is 0.307 e. The summed E-state index contributed by atoms with van der Waals surface area (Å²) in [7, 11) is 0. The van der Waals surface area contributed by atoms with Crippen molar-refractivity contribution in [3.05, 3.63) is 24.0 Å². The fraction of sp³-hybridized carbons (Fsp3) is 0.583. The van der Waals surface area contributed by atoms with Crippen LogP contribution in [-0.2, 0) is 9.53 Å². The summed E-state index contributed by atoms with van der Waals surface area (Å²) in [6, 6.07) is 0. The number of allylic oxidation sites excluding steroid dienone is 3. The third-order valence-electron chi connectivity index (χ3n) is 1.82. The van der Waals surface area contributed by atoms with E-state index in [1.165, 1.54) is 18.8 Å². The Labute approximate surface area is 86.6 Å². The molecule has 1 atom stereocenters. The number of rotatable bonds is 5. The van der Waals surface area contributed by atoms with Crippen LogP contribution >= 0.6 is 0 Å². The highest BCUT2D eigenvalue weighted by Crippen LogP contribution is 2.09. The third kappa shape index (κ3) is 9.04. The molecule has 0 amide bonds. The average Bonchev–Trinajstić information content (AvgIpc) is 2.02. The van der Waals surface area contributed by atoms with Crippen molar-refractivity contribution in [3.8, 4) is 0 Å². The molecule has 2 heteroatoms. The van der Waals surface area contributed by atoms with Gasteiger partial charge in [0.15, 0.2) is 0 Å². The molecule has 1 unspecified atom stereocenters. The molecule has 2 nitrogen and oxygen atoms in total. The number of hydrogen-bond donors (Lipinski definition) is 0. The highest BCUT2D eigenvalue weighted by molar-refractivity contribution is 5.66. The van der Waals surface area contributed by atoms with Crippen molar-refractivity contribution in [2.24, 2.45) is 5.92 Å². The van der Waals surface area contributed by atoms with Gasteiger partial charge < -0.3 is 4.74 Å². The lowest BCUT2D eigenvalue weighted by molar-refractivity contribution is -0.135. The third-order valence-corrected chi connectivity index (χ3v) is 1.82. The largest absolute Gasteiger partial charge is 0.435 e. The molecule has 0 aliphatic heterocycles. The normalized spacial score (nSPS) is 12.6. The van der Waals surface area contributed by atoms with Crippen LogP contribution in [0.5, 0.6) is 0 Å². The zero-order chi connectivity index (χ0) is 11.0. The highest BCUT2D eigenvalue weighted by Gasteiger charge is 1.95. The van der Waals surface area contributed by atoms with Gasteiger partial charge in [-0.25, -0.2) is 0 Å². The van der Waals surface area contributed by atoms with E-state index in [0.29, 0.717) is 5.92 Å².